The lowest BCUT2D eigenvalue weighted by Crippen LogP contribution is -2.32. The first-order valence-corrected chi connectivity index (χ1v) is 9.12. The summed E-state index contributed by atoms with van der Waals surface area (Å²) in [6, 6.07) is 5.13. The van der Waals surface area contributed by atoms with Gasteiger partial charge in [-0.15, -0.1) is 11.6 Å². The van der Waals surface area contributed by atoms with Gasteiger partial charge in [0, 0.05) is 24.5 Å². The predicted octanol–water partition coefficient (Wildman–Crippen LogP) is 4.68. The summed E-state index contributed by atoms with van der Waals surface area (Å²) in [6.07, 6.45) is 3.14. The zero-order valence-electron chi connectivity index (χ0n) is 15.1. The van der Waals surface area contributed by atoms with E-state index in [-0.39, 0.29) is 17.9 Å². The number of amides is 1. The minimum atomic E-state index is -0.466. The third kappa shape index (κ3) is 7.49. The number of ether oxygens (including phenoxy) is 1. The number of rotatable bonds is 8. The molecule has 0 aliphatic carbocycles. The SMILES string of the molecule is CCOC(=O)c1cc(CN(CC(C)C)C(=O)/C=C/C(C)Cl)ccc1Cl. The highest BCUT2D eigenvalue weighted by molar-refractivity contribution is 6.33. The van der Waals surface area contributed by atoms with Gasteiger partial charge in [-0.3, -0.25) is 4.79 Å². The van der Waals surface area contributed by atoms with E-state index in [4.69, 9.17) is 27.9 Å². The number of hydrogen-bond donors (Lipinski definition) is 0. The number of halogens is 2. The molecule has 138 valence electrons. The standard InChI is InChI=1S/C19H25Cl2NO3/c1-5-25-19(24)16-10-15(7-8-17(16)21)12-22(11-13(2)3)18(23)9-6-14(4)20/h6-10,13-14H,5,11-12H2,1-4H3/b9-6+. The molecule has 0 aromatic heterocycles. The fourth-order valence-electron chi connectivity index (χ4n) is 2.25. The van der Waals surface area contributed by atoms with Crippen LogP contribution in [0.1, 0.15) is 43.6 Å². The van der Waals surface area contributed by atoms with Crippen LogP contribution < -0.4 is 0 Å². The maximum atomic E-state index is 12.4. The van der Waals surface area contributed by atoms with Crippen molar-refractivity contribution < 1.29 is 14.3 Å². The van der Waals surface area contributed by atoms with Crippen LogP contribution in [0.25, 0.3) is 0 Å². The van der Waals surface area contributed by atoms with Gasteiger partial charge in [-0.1, -0.05) is 37.6 Å². The lowest BCUT2D eigenvalue weighted by molar-refractivity contribution is -0.127. The van der Waals surface area contributed by atoms with E-state index >= 15 is 0 Å². The molecule has 4 nitrogen and oxygen atoms in total. The van der Waals surface area contributed by atoms with Crippen molar-refractivity contribution in [2.75, 3.05) is 13.2 Å². The molecule has 0 aliphatic rings. The molecular weight excluding hydrogens is 361 g/mol. The molecule has 0 bridgehead atoms. The average Bonchev–Trinajstić information content (AvgIpc) is 2.53. The largest absolute Gasteiger partial charge is 0.462 e. The minimum Gasteiger partial charge on any atom is -0.462 e. The van der Waals surface area contributed by atoms with Crippen molar-refractivity contribution in [2.45, 2.75) is 39.6 Å². The Kier molecular flexibility index (Phi) is 9.01. The number of benzene rings is 1. The monoisotopic (exact) mass is 385 g/mol. The summed E-state index contributed by atoms with van der Waals surface area (Å²) < 4.78 is 5.02. The average molecular weight is 386 g/mol. The molecule has 0 aliphatic heterocycles. The molecule has 0 saturated heterocycles. The summed E-state index contributed by atoms with van der Waals surface area (Å²) in [7, 11) is 0. The van der Waals surface area contributed by atoms with Gasteiger partial charge in [0.25, 0.3) is 0 Å². The molecule has 0 radical (unpaired) electrons. The van der Waals surface area contributed by atoms with E-state index in [0.717, 1.165) is 5.56 Å². The molecule has 1 unspecified atom stereocenters. The first-order valence-electron chi connectivity index (χ1n) is 8.31. The smallest absolute Gasteiger partial charge is 0.339 e. The van der Waals surface area contributed by atoms with Gasteiger partial charge in [-0.05, 0) is 37.5 Å². The van der Waals surface area contributed by atoms with Crippen molar-refractivity contribution in [3.63, 3.8) is 0 Å². The highest BCUT2D eigenvalue weighted by atomic mass is 35.5. The van der Waals surface area contributed by atoms with Gasteiger partial charge >= 0.3 is 5.97 Å². The van der Waals surface area contributed by atoms with Crippen molar-refractivity contribution >= 4 is 35.1 Å². The summed E-state index contributed by atoms with van der Waals surface area (Å²) in [4.78, 5) is 26.1. The van der Waals surface area contributed by atoms with Crippen LogP contribution in [0.15, 0.2) is 30.4 Å². The summed E-state index contributed by atoms with van der Waals surface area (Å²) in [5.74, 6) is -0.275. The third-order valence-electron chi connectivity index (χ3n) is 3.30. The molecule has 0 heterocycles. The zero-order valence-corrected chi connectivity index (χ0v) is 16.6. The van der Waals surface area contributed by atoms with E-state index in [9.17, 15) is 9.59 Å². The lowest BCUT2D eigenvalue weighted by atomic mass is 10.1. The van der Waals surface area contributed by atoms with Crippen LogP contribution in [0.2, 0.25) is 5.02 Å². The van der Waals surface area contributed by atoms with E-state index < -0.39 is 5.97 Å². The third-order valence-corrected chi connectivity index (χ3v) is 3.78. The molecule has 0 fully saturated rings. The molecule has 1 amide bonds. The van der Waals surface area contributed by atoms with Gasteiger partial charge < -0.3 is 9.64 Å². The first-order chi connectivity index (χ1) is 11.7. The Labute approximate surface area is 159 Å². The van der Waals surface area contributed by atoms with E-state index in [1.54, 1.807) is 43.0 Å². The fourth-order valence-corrected chi connectivity index (χ4v) is 2.52. The Bertz CT molecular complexity index is 627. The first kappa shape index (κ1) is 21.5. The number of carbonyl (C=O) groups is 2. The van der Waals surface area contributed by atoms with Crippen LogP contribution in [0, 0.1) is 5.92 Å². The van der Waals surface area contributed by atoms with Crippen LogP contribution in [0.5, 0.6) is 0 Å². The van der Waals surface area contributed by atoms with Crippen LogP contribution in [-0.2, 0) is 16.1 Å². The van der Waals surface area contributed by atoms with Gasteiger partial charge in [-0.2, -0.15) is 0 Å². The zero-order chi connectivity index (χ0) is 19.0. The van der Waals surface area contributed by atoms with Gasteiger partial charge in [0.2, 0.25) is 5.91 Å². The van der Waals surface area contributed by atoms with Crippen molar-refractivity contribution in [2.24, 2.45) is 5.92 Å². The summed E-state index contributed by atoms with van der Waals surface area (Å²) in [6.45, 7) is 8.86. The van der Waals surface area contributed by atoms with Crippen LogP contribution >= 0.6 is 23.2 Å². The highest BCUT2D eigenvalue weighted by Crippen LogP contribution is 2.20. The second-order valence-corrected chi connectivity index (χ2v) is 7.28. The Morgan fingerprint density at radius 2 is 1.96 bits per heavy atom. The summed E-state index contributed by atoms with van der Waals surface area (Å²) in [5.41, 5.74) is 1.12. The maximum Gasteiger partial charge on any atom is 0.339 e. The topological polar surface area (TPSA) is 46.6 Å². The van der Waals surface area contributed by atoms with E-state index in [1.807, 2.05) is 13.8 Å². The number of hydrogen-bond acceptors (Lipinski definition) is 3. The highest BCUT2D eigenvalue weighted by Gasteiger charge is 2.16. The molecule has 1 atom stereocenters. The van der Waals surface area contributed by atoms with Gasteiger partial charge in [0.05, 0.1) is 17.2 Å². The van der Waals surface area contributed by atoms with Crippen LogP contribution in [0.4, 0.5) is 0 Å². The van der Waals surface area contributed by atoms with Crippen molar-refractivity contribution in [1.29, 1.82) is 0 Å². The number of allylic oxidation sites excluding steroid dienone is 1. The predicted molar refractivity (Wildman–Crippen MR) is 102 cm³/mol. The minimum absolute atomic E-state index is 0.117. The van der Waals surface area contributed by atoms with Crippen LogP contribution in [0.3, 0.4) is 0 Å². The maximum absolute atomic E-state index is 12.4. The normalized spacial score (nSPS) is 12.4. The molecule has 0 spiro atoms. The molecule has 1 rings (SSSR count). The number of carbonyl (C=O) groups excluding carboxylic acids is 2. The molecule has 0 saturated carbocycles. The van der Waals surface area contributed by atoms with Crippen molar-refractivity contribution in [3.8, 4) is 0 Å². The second-order valence-electron chi connectivity index (χ2n) is 6.18. The molecule has 1 aromatic carbocycles. The Morgan fingerprint density at radius 3 is 2.52 bits per heavy atom. The van der Waals surface area contributed by atoms with E-state index in [1.165, 1.54) is 6.08 Å². The van der Waals surface area contributed by atoms with Crippen LogP contribution in [-0.4, -0.2) is 35.3 Å². The Hall–Kier alpha value is -1.52. The molecule has 0 N–H and O–H groups in total. The fraction of sp³-hybridized carbons (Fsp3) is 0.474. The second kappa shape index (κ2) is 10.5. The van der Waals surface area contributed by atoms with Gasteiger partial charge in [0.1, 0.15) is 0 Å². The van der Waals surface area contributed by atoms with E-state index in [0.29, 0.717) is 29.6 Å². The molecule has 6 heteroatoms. The quantitative estimate of drug-likeness (QED) is 0.370. The molecule has 25 heavy (non-hydrogen) atoms. The van der Waals surface area contributed by atoms with Crippen molar-refractivity contribution in [1.82, 2.24) is 4.90 Å². The van der Waals surface area contributed by atoms with E-state index in [2.05, 4.69) is 0 Å². The number of alkyl halides is 1. The lowest BCUT2D eigenvalue weighted by Gasteiger charge is -2.24. The Morgan fingerprint density at radius 1 is 1.28 bits per heavy atom. The summed E-state index contributed by atoms with van der Waals surface area (Å²) in [5, 5.41) is 0.121. The summed E-state index contributed by atoms with van der Waals surface area (Å²) >= 11 is 12.0. The number of nitrogens with zero attached hydrogens (tertiary/aromatic N) is 1. The molecular formula is C19H25Cl2NO3. The number of esters is 1. The Balaban J connectivity index is 3.02. The molecule has 1 aromatic rings. The van der Waals surface area contributed by atoms with Gasteiger partial charge in [0.15, 0.2) is 0 Å². The van der Waals surface area contributed by atoms with Crippen molar-refractivity contribution in [3.05, 3.63) is 46.5 Å². The van der Waals surface area contributed by atoms with Gasteiger partial charge in [-0.25, -0.2) is 4.79 Å².